The molecule has 1 aromatic heterocycles. The number of halogens is 1. The molecule has 2 rings (SSSR count). The highest BCUT2D eigenvalue weighted by Gasteiger charge is 2.08. The van der Waals surface area contributed by atoms with Crippen molar-refractivity contribution in [1.29, 1.82) is 5.26 Å². The molecule has 0 bridgehead atoms. The smallest absolute Gasteiger partial charge is 0.318 e. The number of methoxy groups -OCH3 is 1. The van der Waals surface area contributed by atoms with Crippen LogP contribution in [0.4, 0.5) is 15.9 Å². The summed E-state index contributed by atoms with van der Waals surface area (Å²) in [6, 6.07) is 6.29. The lowest BCUT2D eigenvalue weighted by Gasteiger charge is -2.10. The summed E-state index contributed by atoms with van der Waals surface area (Å²) in [5, 5.41) is 11.7. The second kappa shape index (κ2) is 7.91. The standard InChI is InChI=1S/C15H16FN5O2/c1-22-4-5-23-15-20-9-13(18)14(21-15)19-8-11-3-2-10(7-17)6-12(11)16/h2-3,6,9H,4-5,8,18H2,1H3,(H,19,20,21). The summed E-state index contributed by atoms with van der Waals surface area (Å²) < 4.78 is 24.0. The molecule has 3 N–H and O–H groups in total. The zero-order chi connectivity index (χ0) is 16.7. The van der Waals surface area contributed by atoms with Crippen molar-refractivity contribution in [2.24, 2.45) is 0 Å². The summed E-state index contributed by atoms with van der Waals surface area (Å²) in [5.41, 5.74) is 6.76. The summed E-state index contributed by atoms with van der Waals surface area (Å²) in [6.45, 7) is 0.882. The fourth-order valence-corrected chi connectivity index (χ4v) is 1.74. The maximum atomic E-state index is 13.8. The van der Waals surface area contributed by atoms with E-state index in [4.69, 9.17) is 20.5 Å². The Labute approximate surface area is 132 Å². The molecule has 0 atom stereocenters. The minimum absolute atomic E-state index is 0.152. The molecule has 0 unspecified atom stereocenters. The molecule has 0 spiro atoms. The predicted molar refractivity (Wildman–Crippen MR) is 82.3 cm³/mol. The first kappa shape index (κ1) is 16.5. The van der Waals surface area contributed by atoms with E-state index in [1.807, 2.05) is 6.07 Å². The molecule has 0 amide bonds. The number of nitrogens with one attached hydrogen (secondary N) is 1. The minimum Gasteiger partial charge on any atom is -0.461 e. The first-order valence-electron chi connectivity index (χ1n) is 6.80. The molecule has 0 aliphatic heterocycles. The molecule has 0 fully saturated rings. The minimum atomic E-state index is -0.472. The summed E-state index contributed by atoms with van der Waals surface area (Å²) in [4.78, 5) is 8.06. The molecule has 0 saturated carbocycles. The van der Waals surface area contributed by atoms with E-state index in [9.17, 15) is 4.39 Å². The molecule has 7 nitrogen and oxygen atoms in total. The Balaban J connectivity index is 2.05. The van der Waals surface area contributed by atoms with E-state index in [-0.39, 0.29) is 18.1 Å². The summed E-state index contributed by atoms with van der Waals surface area (Å²) in [6.07, 6.45) is 1.41. The van der Waals surface area contributed by atoms with E-state index < -0.39 is 5.82 Å². The first-order valence-corrected chi connectivity index (χ1v) is 6.80. The van der Waals surface area contributed by atoms with Crippen LogP contribution in [-0.4, -0.2) is 30.3 Å². The van der Waals surface area contributed by atoms with Gasteiger partial charge in [0.25, 0.3) is 0 Å². The van der Waals surface area contributed by atoms with Crippen molar-refractivity contribution < 1.29 is 13.9 Å². The molecule has 1 heterocycles. The van der Waals surface area contributed by atoms with Crippen LogP contribution in [0, 0.1) is 17.1 Å². The molecule has 8 heteroatoms. The third kappa shape index (κ3) is 4.52. The molecule has 0 radical (unpaired) electrons. The quantitative estimate of drug-likeness (QED) is 0.749. The van der Waals surface area contributed by atoms with E-state index in [1.165, 1.54) is 18.3 Å². The molecule has 2 aromatic rings. The highest BCUT2D eigenvalue weighted by molar-refractivity contribution is 5.60. The third-order valence-corrected chi connectivity index (χ3v) is 2.94. The van der Waals surface area contributed by atoms with Crippen LogP contribution < -0.4 is 15.8 Å². The first-order chi connectivity index (χ1) is 11.1. The fraction of sp³-hybridized carbons (Fsp3) is 0.267. The fourth-order valence-electron chi connectivity index (χ4n) is 1.74. The van der Waals surface area contributed by atoms with Gasteiger partial charge in [-0.15, -0.1) is 0 Å². The molecular formula is C15H16FN5O2. The lowest BCUT2D eigenvalue weighted by atomic mass is 10.1. The second-order valence-corrected chi connectivity index (χ2v) is 4.57. The molecule has 0 aliphatic rings. The molecule has 120 valence electrons. The molecule has 0 aliphatic carbocycles. The number of rotatable bonds is 7. The number of hydrogen-bond acceptors (Lipinski definition) is 7. The van der Waals surface area contributed by atoms with Crippen molar-refractivity contribution in [1.82, 2.24) is 9.97 Å². The van der Waals surface area contributed by atoms with Crippen molar-refractivity contribution >= 4 is 11.5 Å². The summed E-state index contributed by atoms with van der Waals surface area (Å²) in [5.74, 6) is -0.128. The van der Waals surface area contributed by atoms with E-state index in [1.54, 1.807) is 13.2 Å². The summed E-state index contributed by atoms with van der Waals surface area (Å²) >= 11 is 0. The Kier molecular flexibility index (Phi) is 5.66. The van der Waals surface area contributed by atoms with Gasteiger partial charge in [0.05, 0.1) is 30.1 Å². The van der Waals surface area contributed by atoms with Crippen molar-refractivity contribution in [3.63, 3.8) is 0 Å². The Bertz CT molecular complexity index is 717. The predicted octanol–water partition coefficient (Wildman–Crippen LogP) is 1.71. The van der Waals surface area contributed by atoms with E-state index in [2.05, 4.69) is 15.3 Å². The Morgan fingerprint density at radius 1 is 1.39 bits per heavy atom. The van der Waals surface area contributed by atoms with Crippen LogP contribution in [0.25, 0.3) is 0 Å². The van der Waals surface area contributed by atoms with Crippen LogP contribution in [-0.2, 0) is 11.3 Å². The van der Waals surface area contributed by atoms with Gasteiger partial charge in [-0.2, -0.15) is 10.2 Å². The lowest BCUT2D eigenvalue weighted by Crippen LogP contribution is -2.10. The normalized spacial score (nSPS) is 10.1. The topological polar surface area (TPSA) is 106 Å². The van der Waals surface area contributed by atoms with Crippen molar-refractivity contribution in [2.75, 3.05) is 31.4 Å². The van der Waals surface area contributed by atoms with E-state index >= 15 is 0 Å². The van der Waals surface area contributed by atoms with Gasteiger partial charge in [0, 0.05) is 19.2 Å². The monoisotopic (exact) mass is 317 g/mol. The number of hydrogen-bond donors (Lipinski definition) is 2. The van der Waals surface area contributed by atoms with Gasteiger partial charge in [-0.3, -0.25) is 0 Å². The van der Waals surface area contributed by atoms with Crippen LogP contribution in [0.2, 0.25) is 0 Å². The molecule has 0 saturated heterocycles. The zero-order valence-corrected chi connectivity index (χ0v) is 12.5. The van der Waals surface area contributed by atoms with E-state index in [0.717, 1.165) is 0 Å². The van der Waals surface area contributed by atoms with Crippen molar-refractivity contribution in [3.8, 4) is 12.1 Å². The van der Waals surface area contributed by atoms with Gasteiger partial charge < -0.3 is 20.5 Å². The average molecular weight is 317 g/mol. The van der Waals surface area contributed by atoms with Crippen LogP contribution in [0.1, 0.15) is 11.1 Å². The molecule has 1 aromatic carbocycles. The highest BCUT2D eigenvalue weighted by atomic mass is 19.1. The summed E-state index contributed by atoms with van der Waals surface area (Å²) in [7, 11) is 1.56. The Hall–Kier alpha value is -2.92. The van der Waals surface area contributed by atoms with Crippen molar-refractivity contribution in [3.05, 3.63) is 41.3 Å². The van der Waals surface area contributed by atoms with Gasteiger partial charge >= 0.3 is 6.01 Å². The van der Waals surface area contributed by atoms with Crippen LogP contribution in [0.15, 0.2) is 24.4 Å². The van der Waals surface area contributed by atoms with Gasteiger partial charge in [-0.1, -0.05) is 6.07 Å². The van der Waals surface area contributed by atoms with E-state index in [0.29, 0.717) is 30.3 Å². The van der Waals surface area contributed by atoms with Gasteiger partial charge in [0.1, 0.15) is 12.4 Å². The average Bonchev–Trinajstić information content (AvgIpc) is 2.56. The number of anilines is 2. The van der Waals surface area contributed by atoms with Crippen LogP contribution in [0.3, 0.4) is 0 Å². The molecule has 23 heavy (non-hydrogen) atoms. The number of ether oxygens (including phenoxy) is 2. The number of nitriles is 1. The number of nitrogens with zero attached hydrogens (tertiary/aromatic N) is 3. The van der Waals surface area contributed by atoms with Crippen molar-refractivity contribution in [2.45, 2.75) is 6.54 Å². The maximum absolute atomic E-state index is 13.8. The Morgan fingerprint density at radius 2 is 2.22 bits per heavy atom. The van der Waals surface area contributed by atoms with Crippen LogP contribution in [0.5, 0.6) is 6.01 Å². The lowest BCUT2D eigenvalue weighted by molar-refractivity contribution is 0.141. The van der Waals surface area contributed by atoms with Crippen LogP contribution >= 0.6 is 0 Å². The van der Waals surface area contributed by atoms with Gasteiger partial charge in [-0.25, -0.2) is 9.37 Å². The second-order valence-electron chi connectivity index (χ2n) is 4.57. The highest BCUT2D eigenvalue weighted by Crippen LogP contribution is 2.19. The number of aromatic nitrogens is 2. The number of nitrogens with two attached hydrogens (primary N) is 1. The number of nitrogen functional groups attached to an aromatic ring is 1. The molecular weight excluding hydrogens is 301 g/mol. The largest absolute Gasteiger partial charge is 0.461 e. The maximum Gasteiger partial charge on any atom is 0.318 e. The zero-order valence-electron chi connectivity index (χ0n) is 12.5. The third-order valence-electron chi connectivity index (χ3n) is 2.94. The SMILES string of the molecule is COCCOc1ncc(N)c(NCc2ccc(C#N)cc2F)n1. The van der Waals surface area contributed by atoms with Gasteiger partial charge in [0.2, 0.25) is 0 Å². The van der Waals surface area contributed by atoms with Gasteiger partial charge in [-0.05, 0) is 12.1 Å². The Morgan fingerprint density at radius 3 is 2.91 bits per heavy atom. The van der Waals surface area contributed by atoms with Gasteiger partial charge in [0.15, 0.2) is 5.82 Å². The number of benzene rings is 1.